The van der Waals surface area contributed by atoms with E-state index in [0.29, 0.717) is 6.04 Å². The van der Waals surface area contributed by atoms with Gasteiger partial charge in [-0.3, -0.25) is 10.3 Å². The molecule has 1 aromatic carbocycles. The van der Waals surface area contributed by atoms with E-state index in [0.717, 1.165) is 42.6 Å². The molecular weight excluding hydrogens is 322 g/mol. The summed E-state index contributed by atoms with van der Waals surface area (Å²) in [5.74, 6) is 0. The average molecular weight is 349 g/mol. The van der Waals surface area contributed by atoms with Crippen molar-refractivity contribution in [1.29, 1.82) is 0 Å². The summed E-state index contributed by atoms with van der Waals surface area (Å²) in [6.07, 6.45) is 8.96. The molecule has 4 nitrogen and oxygen atoms in total. The highest BCUT2D eigenvalue weighted by molar-refractivity contribution is 5.63. The van der Waals surface area contributed by atoms with Gasteiger partial charge in [-0.05, 0) is 54.7 Å². The first-order valence-electron chi connectivity index (χ1n) is 9.19. The van der Waals surface area contributed by atoms with Crippen molar-refractivity contribution in [3.8, 4) is 11.1 Å². The van der Waals surface area contributed by atoms with Crippen LogP contribution < -0.4 is 5.32 Å². The summed E-state index contributed by atoms with van der Waals surface area (Å²) in [6.45, 7) is 7.88. The van der Waals surface area contributed by atoms with Crippen LogP contribution in [0.15, 0.2) is 73.2 Å². The van der Waals surface area contributed by atoms with Crippen molar-refractivity contribution in [2.75, 3.05) is 13.1 Å². The Hall–Kier alpha value is -2.43. The normalized spacial score (nSPS) is 17.2. The van der Waals surface area contributed by atoms with E-state index >= 15 is 0 Å². The lowest BCUT2D eigenvalue weighted by Gasteiger charge is -2.35. The van der Waals surface area contributed by atoms with Crippen molar-refractivity contribution in [3.63, 3.8) is 0 Å². The summed E-state index contributed by atoms with van der Waals surface area (Å²) in [6, 6.07) is 12.3. The highest BCUT2D eigenvalue weighted by Crippen LogP contribution is 2.23. The average Bonchev–Trinajstić information content (AvgIpc) is 2.71. The minimum Gasteiger partial charge on any atom is -0.374 e. The third-order valence-corrected chi connectivity index (χ3v) is 4.96. The van der Waals surface area contributed by atoms with Crippen LogP contribution in [0, 0.1) is 0 Å². The quantitative estimate of drug-likeness (QED) is 0.614. The number of allylic oxidation sites excluding steroid dienone is 2. The highest BCUT2D eigenvalue weighted by atomic mass is 16.3. The largest absolute Gasteiger partial charge is 0.374 e. The van der Waals surface area contributed by atoms with Gasteiger partial charge >= 0.3 is 0 Å². The number of aromatic nitrogens is 1. The number of nitrogens with zero attached hydrogens (tertiary/aromatic N) is 2. The summed E-state index contributed by atoms with van der Waals surface area (Å²) < 4.78 is 0. The SMILES string of the molecule is C=CC(=CC)N1CCC(NC(O)c2cccc(-c3cccnc3)c2)CC1. The van der Waals surface area contributed by atoms with Gasteiger partial charge in [0, 0.05) is 37.2 Å². The third kappa shape index (κ3) is 4.40. The summed E-state index contributed by atoms with van der Waals surface area (Å²) in [7, 11) is 0. The Morgan fingerprint density at radius 2 is 2.04 bits per heavy atom. The first-order chi connectivity index (χ1) is 12.7. The molecule has 0 saturated carbocycles. The summed E-state index contributed by atoms with van der Waals surface area (Å²) in [5, 5.41) is 14.0. The van der Waals surface area contributed by atoms with Crippen molar-refractivity contribution in [3.05, 3.63) is 78.8 Å². The fourth-order valence-corrected chi connectivity index (χ4v) is 3.48. The van der Waals surface area contributed by atoms with Crippen molar-refractivity contribution in [2.24, 2.45) is 0 Å². The molecule has 1 saturated heterocycles. The molecule has 1 atom stereocenters. The first kappa shape index (κ1) is 18.4. The molecule has 1 fully saturated rings. The van der Waals surface area contributed by atoms with Gasteiger partial charge in [0.1, 0.15) is 6.23 Å². The number of likely N-dealkylation sites (tertiary alicyclic amines) is 1. The molecule has 0 spiro atoms. The molecule has 2 aromatic rings. The van der Waals surface area contributed by atoms with Crippen LogP contribution in [0.5, 0.6) is 0 Å². The van der Waals surface area contributed by atoms with Gasteiger partial charge in [-0.1, -0.05) is 36.9 Å². The molecule has 26 heavy (non-hydrogen) atoms. The van der Waals surface area contributed by atoms with Gasteiger partial charge in [0.25, 0.3) is 0 Å². The Balaban J connectivity index is 1.61. The van der Waals surface area contributed by atoms with Gasteiger partial charge < -0.3 is 10.0 Å². The van der Waals surface area contributed by atoms with Gasteiger partial charge in [0.15, 0.2) is 0 Å². The summed E-state index contributed by atoms with van der Waals surface area (Å²) in [4.78, 5) is 6.52. The lowest BCUT2D eigenvalue weighted by atomic mass is 10.0. The van der Waals surface area contributed by atoms with Gasteiger partial charge in [-0.2, -0.15) is 0 Å². The van der Waals surface area contributed by atoms with Crippen LogP contribution in [-0.2, 0) is 0 Å². The monoisotopic (exact) mass is 349 g/mol. The van der Waals surface area contributed by atoms with E-state index in [1.807, 2.05) is 55.6 Å². The van der Waals surface area contributed by atoms with E-state index in [1.54, 1.807) is 6.20 Å². The van der Waals surface area contributed by atoms with Crippen LogP contribution >= 0.6 is 0 Å². The molecule has 1 aliphatic rings. The molecule has 2 N–H and O–H groups in total. The Bertz CT molecular complexity index is 749. The molecule has 136 valence electrons. The van der Waals surface area contributed by atoms with Gasteiger partial charge in [0.05, 0.1) is 0 Å². The number of piperidine rings is 1. The van der Waals surface area contributed by atoms with Crippen LogP contribution in [0.2, 0.25) is 0 Å². The number of benzene rings is 1. The highest BCUT2D eigenvalue weighted by Gasteiger charge is 2.22. The number of rotatable bonds is 6. The fraction of sp³-hybridized carbons (Fsp3) is 0.318. The molecule has 1 aromatic heterocycles. The number of hydrogen-bond acceptors (Lipinski definition) is 4. The van der Waals surface area contributed by atoms with Crippen LogP contribution in [0.1, 0.15) is 31.6 Å². The maximum Gasteiger partial charge on any atom is 0.131 e. The fourth-order valence-electron chi connectivity index (χ4n) is 3.48. The second-order valence-corrected chi connectivity index (χ2v) is 6.62. The van der Waals surface area contributed by atoms with Crippen molar-refractivity contribution in [1.82, 2.24) is 15.2 Å². The minimum absolute atomic E-state index is 0.311. The minimum atomic E-state index is -0.663. The number of aliphatic hydroxyl groups is 1. The molecule has 1 unspecified atom stereocenters. The van der Waals surface area contributed by atoms with E-state index in [-0.39, 0.29) is 0 Å². The molecule has 0 radical (unpaired) electrons. The topological polar surface area (TPSA) is 48.4 Å². The van der Waals surface area contributed by atoms with E-state index in [1.165, 1.54) is 5.70 Å². The molecule has 3 rings (SSSR count). The number of aliphatic hydroxyl groups excluding tert-OH is 1. The van der Waals surface area contributed by atoms with Crippen LogP contribution in [0.25, 0.3) is 11.1 Å². The second kappa shape index (κ2) is 8.79. The Labute approximate surface area is 155 Å². The van der Waals surface area contributed by atoms with E-state index < -0.39 is 6.23 Å². The predicted octanol–water partition coefficient (Wildman–Crippen LogP) is 3.88. The zero-order valence-corrected chi connectivity index (χ0v) is 15.3. The van der Waals surface area contributed by atoms with Crippen LogP contribution in [0.3, 0.4) is 0 Å². The predicted molar refractivity (Wildman–Crippen MR) is 106 cm³/mol. The summed E-state index contributed by atoms with van der Waals surface area (Å²) in [5.41, 5.74) is 4.19. The molecule has 0 aliphatic carbocycles. The van der Waals surface area contributed by atoms with Gasteiger partial charge in [-0.25, -0.2) is 0 Å². The van der Waals surface area contributed by atoms with Crippen molar-refractivity contribution < 1.29 is 5.11 Å². The Morgan fingerprint density at radius 3 is 2.69 bits per heavy atom. The smallest absolute Gasteiger partial charge is 0.131 e. The molecule has 0 bridgehead atoms. The number of nitrogens with one attached hydrogen (secondary N) is 1. The van der Waals surface area contributed by atoms with Crippen LogP contribution in [0.4, 0.5) is 0 Å². The molecular formula is C22H27N3O. The third-order valence-electron chi connectivity index (χ3n) is 4.96. The van der Waals surface area contributed by atoms with Crippen molar-refractivity contribution in [2.45, 2.75) is 32.0 Å². The lowest BCUT2D eigenvalue weighted by molar-refractivity contribution is 0.105. The first-order valence-corrected chi connectivity index (χ1v) is 9.19. The maximum atomic E-state index is 10.6. The van der Waals surface area contributed by atoms with E-state index in [2.05, 4.69) is 27.9 Å². The summed E-state index contributed by atoms with van der Waals surface area (Å²) >= 11 is 0. The van der Waals surface area contributed by atoms with E-state index in [9.17, 15) is 5.11 Å². The molecule has 4 heteroatoms. The van der Waals surface area contributed by atoms with Gasteiger partial charge in [0.2, 0.25) is 0 Å². The van der Waals surface area contributed by atoms with Gasteiger partial charge in [-0.15, -0.1) is 0 Å². The molecule has 0 amide bonds. The van der Waals surface area contributed by atoms with Crippen molar-refractivity contribution >= 4 is 0 Å². The Kier molecular flexibility index (Phi) is 6.21. The van der Waals surface area contributed by atoms with Crippen LogP contribution in [-0.4, -0.2) is 34.1 Å². The maximum absolute atomic E-state index is 10.6. The standard InChI is InChI=1S/C22H27N3O/c1-3-21(4-2)25-13-10-20(11-14-25)24-22(26)18-8-5-7-17(15-18)19-9-6-12-23-16-19/h3-9,12,15-16,20,22,24,26H,1,10-11,13-14H2,2H3. The number of hydrogen-bond donors (Lipinski definition) is 2. The molecule has 2 heterocycles. The van der Waals surface area contributed by atoms with E-state index in [4.69, 9.17) is 0 Å². The zero-order chi connectivity index (χ0) is 18.4. The number of pyridine rings is 1. The Morgan fingerprint density at radius 1 is 1.27 bits per heavy atom. The molecule has 1 aliphatic heterocycles. The lowest BCUT2D eigenvalue weighted by Crippen LogP contribution is -2.43. The second-order valence-electron chi connectivity index (χ2n) is 6.62. The zero-order valence-electron chi connectivity index (χ0n) is 15.3.